The van der Waals surface area contributed by atoms with E-state index in [0.717, 1.165) is 18.9 Å². The molecule has 2 unspecified atom stereocenters. The first-order valence-electron chi connectivity index (χ1n) is 5.88. The summed E-state index contributed by atoms with van der Waals surface area (Å²) in [4.78, 5) is 0. The van der Waals surface area contributed by atoms with Gasteiger partial charge in [0.1, 0.15) is 0 Å². The Morgan fingerprint density at radius 1 is 1.44 bits per heavy atom. The molecular formula is C13H14BrF3O. The molecule has 0 aliphatic heterocycles. The normalized spacial score (nSPS) is 27.3. The van der Waals surface area contributed by atoms with Crippen LogP contribution in [0.4, 0.5) is 13.2 Å². The van der Waals surface area contributed by atoms with Crippen molar-refractivity contribution >= 4 is 15.9 Å². The van der Waals surface area contributed by atoms with Gasteiger partial charge >= 0.3 is 6.18 Å². The largest absolute Gasteiger partial charge is 0.417 e. The predicted octanol–water partition coefficient (Wildman–Crippen LogP) is 4.48. The summed E-state index contributed by atoms with van der Waals surface area (Å²) >= 11 is 2.90. The molecule has 1 aromatic rings. The molecule has 0 radical (unpaired) electrons. The summed E-state index contributed by atoms with van der Waals surface area (Å²) in [5.74, 6) is 0.0877. The third-order valence-corrected chi connectivity index (χ3v) is 4.17. The molecule has 0 heterocycles. The van der Waals surface area contributed by atoms with E-state index in [1.807, 2.05) is 6.92 Å². The Bertz CT molecular complexity index is 458. The average Bonchev–Trinajstić information content (AvgIpc) is 2.90. The Hall–Kier alpha value is -0.550. The minimum Gasteiger partial charge on any atom is -0.385 e. The lowest BCUT2D eigenvalue weighted by Gasteiger charge is -2.15. The van der Waals surface area contributed by atoms with Gasteiger partial charge in [0.05, 0.1) is 11.2 Å². The molecule has 2 rings (SSSR count). The number of hydrogen-bond donors (Lipinski definition) is 1. The average molecular weight is 323 g/mol. The van der Waals surface area contributed by atoms with Gasteiger partial charge in [0, 0.05) is 4.47 Å². The fraction of sp³-hybridized carbons (Fsp3) is 0.538. The summed E-state index contributed by atoms with van der Waals surface area (Å²) in [7, 11) is 0. The molecule has 1 aliphatic rings. The van der Waals surface area contributed by atoms with E-state index in [2.05, 4.69) is 15.9 Å². The maximum atomic E-state index is 12.8. The lowest BCUT2D eigenvalue weighted by molar-refractivity contribution is -0.138. The summed E-state index contributed by atoms with van der Waals surface area (Å²) in [5, 5.41) is 10.3. The highest BCUT2D eigenvalue weighted by Gasteiger charge is 2.53. The molecule has 1 N–H and O–H groups in total. The zero-order valence-electron chi connectivity index (χ0n) is 9.89. The molecule has 5 heteroatoms. The molecule has 0 aromatic heterocycles. The molecule has 1 nitrogen and oxygen atoms in total. The molecule has 0 saturated heterocycles. The molecule has 1 saturated carbocycles. The first kappa shape index (κ1) is 13.9. The van der Waals surface area contributed by atoms with E-state index in [0.29, 0.717) is 12.0 Å². The van der Waals surface area contributed by atoms with Gasteiger partial charge in [0.25, 0.3) is 0 Å². The maximum Gasteiger partial charge on any atom is 0.417 e. The van der Waals surface area contributed by atoms with Gasteiger partial charge in [-0.2, -0.15) is 13.2 Å². The van der Waals surface area contributed by atoms with E-state index in [1.54, 1.807) is 6.07 Å². The molecule has 1 aromatic carbocycles. The Labute approximate surface area is 112 Å². The van der Waals surface area contributed by atoms with E-state index in [-0.39, 0.29) is 10.4 Å². The second-order valence-corrected chi connectivity index (χ2v) is 5.66. The molecule has 100 valence electrons. The van der Waals surface area contributed by atoms with Gasteiger partial charge in [0.15, 0.2) is 0 Å². The second kappa shape index (κ2) is 4.53. The van der Waals surface area contributed by atoms with Crippen molar-refractivity contribution in [2.24, 2.45) is 5.92 Å². The van der Waals surface area contributed by atoms with Gasteiger partial charge in [-0.25, -0.2) is 0 Å². The van der Waals surface area contributed by atoms with Crippen LogP contribution in [0.2, 0.25) is 0 Å². The van der Waals surface area contributed by atoms with Crippen molar-refractivity contribution in [3.05, 3.63) is 33.8 Å². The zero-order chi connectivity index (χ0) is 13.6. The van der Waals surface area contributed by atoms with Crippen molar-refractivity contribution in [3.63, 3.8) is 0 Å². The van der Waals surface area contributed by atoms with Crippen LogP contribution < -0.4 is 0 Å². The second-order valence-electron chi connectivity index (χ2n) is 4.81. The van der Waals surface area contributed by atoms with Crippen molar-refractivity contribution in [3.8, 4) is 0 Å². The molecule has 1 aliphatic carbocycles. The molecule has 0 spiro atoms. The van der Waals surface area contributed by atoms with Gasteiger partial charge in [-0.05, 0) is 36.5 Å². The first-order valence-corrected chi connectivity index (χ1v) is 6.68. The van der Waals surface area contributed by atoms with Crippen LogP contribution in [0.3, 0.4) is 0 Å². The Morgan fingerprint density at radius 2 is 2.11 bits per heavy atom. The lowest BCUT2D eigenvalue weighted by atomic mass is 10.0. The summed E-state index contributed by atoms with van der Waals surface area (Å²) in [6.45, 7) is 2.00. The van der Waals surface area contributed by atoms with Crippen molar-refractivity contribution < 1.29 is 18.3 Å². The number of rotatable bonds is 3. The Morgan fingerprint density at radius 3 is 2.67 bits per heavy atom. The van der Waals surface area contributed by atoms with Crippen LogP contribution in [-0.4, -0.2) is 5.11 Å². The van der Waals surface area contributed by atoms with Gasteiger partial charge in [-0.15, -0.1) is 0 Å². The summed E-state index contributed by atoms with van der Waals surface area (Å²) in [5.41, 5.74) is -1.41. The van der Waals surface area contributed by atoms with Gasteiger partial charge in [-0.1, -0.05) is 35.3 Å². The van der Waals surface area contributed by atoms with Crippen molar-refractivity contribution in [1.29, 1.82) is 0 Å². The van der Waals surface area contributed by atoms with E-state index < -0.39 is 17.3 Å². The number of halogens is 4. The van der Waals surface area contributed by atoms with E-state index in [4.69, 9.17) is 0 Å². The van der Waals surface area contributed by atoms with Crippen LogP contribution in [0.15, 0.2) is 22.7 Å². The predicted molar refractivity (Wildman–Crippen MR) is 66.1 cm³/mol. The maximum absolute atomic E-state index is 12.8. The summed E-state index contributed by atoms with van der Waals surface area (Å²) < 4.78 is 38.3. The van der Waals surface area contributed by atoms with Crippen molar-refractivity contribution in [2.45, 2.75) is 38.0 Å². The molecular weight excluding hydrogens is 309 g/mol. The zero-order valence-corrected chi connectivity index (χ0v) is 11.5. The third-order valence-electron chi connectivity index (χ3n) is 3.48. The number of aliphatic hydroxyl groups is 1. The van der Waals surface area contributed by atoms with Gasteiger partial charge in [-0.3, -0.25) is 0 Å². The van der Waals surface area contributed by atoms with Gasteiger partial charge in [0.2, 0.25) is 0 Å². The molecule has 18 heavy (non-hydrogen) atoms. The number of benzene rings is 1. The minimum absolute atomic E-state index is 0.00930. The van der Waals surface area contributed by atoms with Gasteiger partial charge < -0.3 is 5.11 Å². The number of hydrogen-bond acceptors (Lipinski definition) is 1. The molecule has 2 atom stereocenters. The van der Waals surface area contributed by atoms with Crippen LogP contribution in [-0.2, 0) is 11.8 Å². The van der Waals surface area contributed by atoms with E-state index in [9.17, 15) is 18.3 Å². The minimum atomic E-state index is -4.40. The van der Waals surface area contributed by atoms with E-state index in [1.165, 1.54) is 6.07 Å². The Balaban J connectivity index is 2.32. The first-order chi connectivity index (χ1) is 8.29. The highest BCUT2D eigenvalue weighted by molar-refractivity contribution is 9.10. The molecule has 0 bridgehead atoms. The Kier molecular flexibility index (Phi) is 3.49. The van der Waals surface area contributed by atoms with Crippen LogP contribution in [0.25, 0.3) is 0 Å². The standard InChI is InChI=1S/C13H14BrF3O/c1-2-3-9-7-12(9,18)8-4-5-11(14)10(6-8)13(15,16)17/h4-6,9,18H,2-3,7H2,1H3. The molecule has 0 amide bonds. The highest BCUT2D eigenvalue weighted by Crippen LogP contribution is 2.55. The lowest BCUT2D eigenvalue weighted by Crippen LogP contribution is -2.12. The fourth-order valence-electron chi connectivity index (χ4n) is 2.37. The fourth-order valence-corrected chi connectivity index (χ4v) is 2.84. The van der Waals surface area contributed by atoms with Crippen LogP contribution >= 0.6 is 15.9 Å². The van der Waals surface area contributed by atoms with Crippen molar-refractivity contribution in [2.75, 3.05) is 0 Å². The van der Waals surface area contributed by atoms with Crippen LogP contribution in [0.5, 0.6) is 0 Å². The SMILES string of the molecule is CCCC1CC1(O)c1ccc(Br)c(C(F)(F)F)c1. The highest BCUT2D eigenvalue weighted by atomic mass is 79.9. The quantitative estimate of drug-likeness (QED) is 0.870. The summed E-state index contributed by atoms with van der Waals surface area (Å²) in [6.07, 6.45) is -2.08. The smallest absolute Gasteiger partial charge is 0.385 e. The summed E-state index contributed by atoms with van der Waals surface area (Å²) in [6, 6.07) is 3.98. The van der Waals surface area contributed by atoms with Crippen molar-refractivity contribution in [1.82, 2.24) is 0 Å². The van der Waals surface area contributed by atoms with E-state index >= 15 is 0 Å². The van der Waals surface area contributed by atoms with Crippen LogP contribution in [0.1, 0.15) is 37.3 Å². The van der Waals surface area contributed by atoms with Crippen LogP contribution in [0, 0.1) is 5.92 Å². The topological polar surface area (TPSA) is 20.2 Å². The number of alkyl halides is 3. The molecule has 1 fully saturated rings. The third kappa shape index (κ3) is 2.43. The monoisotopic (exact) mass is 322 g/mol.